The van der Waals surface area contributed by atoms with Gasteiger partial charge in [0, 0.05) is 28.5 Å². The molecule has 0 saturated heterocycles. The highest BCUT2D eigenvalue weighted by atomic mass is 16.5. The van der Waals surface area contributed by atoms with Gasteiger partial charge in [-0.1, -0.05) is 53.7 Å². The molecule has 1 atom stereocenters. The SMILES string of the molecule is COc1ccc(OC)c2c(O)c(C34CCCc5onc(c53)-c3c(OCc5ccccc5)cccc3C4=O)ccc12. The number of carbonyl (C=O) groups excluding carboxylic acids is 1. The number of aromatic nitrogens is 1. The molecule has 0 aliphatic heterocycles. The van der Waals surface area contributed by atoms with Gasteiger partial charge in [0.15, 0.2) is 5.78 Å². The third kappa shape index (κ3) is 3.30. The number of carbonyl (C=O) groups is 1. The van der Waals surface area contributed by atoms with Gasteiger partial charge in [0.25, 0.3) is 0 Å². The summed E-state index contributed by atoms with van der Waals surface area (Å²) in [7, 11) is 3.14. The molecule has 7 heteroatoms. The summed E-state index contributed by atoms with van der Waals surface area (Å²) in [6.07, 6.45) is 1.87. The zero-order chi connectivity index (χ0) is 27.4. The Kier molecular flexibility index (Phi) is 5.56. The van der Waals surface area contributed by atoms with Crippen molar-refractivity contribution in [2.24, 2.45) is 0 Å². The highest BCUT2D eigenvalue weighted by Crippen LogP contribution is 2.57. The number of hydrogen-bond donors (Lipinski definition) is 1. The lowest BCUT2D eigenvalue weighted by molar-refractivity contribution is 0.0890. The van der Waals surface area contributed by atoms with Crippen LogP contribution in [0.3, 0.4) is 0 Å². The average molecular weight is 534 g/mol. The zero-order valence-corrected chi connectivity index (χ0v) is 22.2. The Hall–Kier alpha value is -4.78. The Labute approximate surface area is 230 Å². The molecule has 1 unspecified atom stereocenters. The first-order valence-electron chi connectivity index (χ1n) is 13.3. The summed E-state index contributed by atoms with van der Waals surface area (Å²) in [4.78, 5) is 14.7. The molecule has 2 aliphatic rings. The van der Waals surface area contributed by atoms with Crippen molar-refractivity contribution in [3.05, 3.63) is 101 Å². The number of rotatable bonds is 6. The van der Waals surface area contributed by atoms with Crippen LogP contribution in [0.25, 0.3) is 22.0 Å². The predicted molar refractivity (Wildman–Crippen MR) is 149 cm³/mol. The van der Waals surface area contributed by atoms with Gasteiger partial charge >= 0.3 is 0 Å². The fourth-order valence-electron chi connectivity index (χ4n) is 6.48. The molecule has 0 radical (unpaired) electrons. The number of ketones is 1. The van der Waals surface area contributed by atoms with Crippen molar-refractivity contribution in [2.45, 2.75) is 31.3 Å². The zero-order valence-electron chi connectivity index (χ0n) is 22.2. The van der Waals surface area contributed by atoms with Gasteiger partial charge in [-0.15, -0.1) is 0 Å². The number of methoxy groups -OCH3 is 2. The highest BCUT2D eigenvalue weighted by molar-refractivity contribution is 6.16. The molecule has 40 heavy (non-hydrogen) atoms. The summed E-state index contributed by atoms with van der Waals surface area (Å²) in [5, 5.41) is 17.6. The minimum absolute atomic E-state index is 0.0125. The number of fused-ring (bicyclic) bond motifs is 3. The van der Waals surface area contributed by atoms with Crippen LogP contribution in [-0.2, 0) is 18.4 Å². The molecule has 0 amide bonds. The first kappa shape index (κ1) is 24.3. The van der Waals surface area contributed by atoms with Gasteiger partial charge < -0.3 is 23.8 Å². The molecular weight excluding hydrogens is 506 g/mol. The number of phenolic OH excluding ortho intramolecular Hbond substituents is 1. The Morgan fingerprint density at radius 2 is 1.73 bits per heavy atom. The van der Waals surface area contributed by atoms with E-state index >= 15 is 0 Å². The first-order valence-corrected chi connectivity index (χ1v) is 13.3. The second-order valence-electron chi connectivity index (χ2n) is 10.2. The van der Waals surface area contributed by atoms with E-state index in [4.69, 9.17) is 18.7 Å². The summed E-state index contributed by atoms with van der Waals surface area (Å²) in [6, 6.07) is 22.6. The van der Waals surface area contributed by atoms with Gasteiger partial charge in [0.05, 0.1) is 30.6 Å². The maximum absolute atomic E-state index is 14.7. The molecule has 0 saturated carbocycles. The van der Waals surface area contributed by atoms with Crippen molar-refractivity contribution < 1.29 is 28.6 Å². The molecule has 7 nitrogen and oxygen atoms in total. The van der Waals surface area contributed by atoms with Gasteiger partial charge in [-0.05, 0) is 42.7 Å². The van der Waals surface area contributed by atoms with Crippen molar-refractivity contribution in [3.63, 3.8) is 0 Å². The van der Waals surface area contributed by atoms with E-state index in [0.29, 0.717) is 87.6 Å². The Balaban J connectivity index is 1.45. The topological polar surface area (TPSA) is 91.0 Å². The minimum Gasteiger partial charge on any atom is -0.507 e. The average Bonchev–Trinajstić information content (AvgIpc) is 3.44. The van der Waals surface area contributed by atoms with Crippen LogP contribution in [-0.4, -0.2) is 30.3 Å². The number of nitrogens with zero attached hydrogens (tertiary/aromatic N) is 1. The molecule has 1 aromatic heterocycles. The van der Waals surface area contributed by atoms with E-state index in [9.17, 15) is 9.90 Å². The second kappa shape index (κ2) is 9.16. The number of Topliss-reactive ketones (excluding diaryl/α,β-unsaturated/α-hetero) is 1. The van der Waals surface area contributed by atoms with Gasteiger partial charge in [0.1, 0.15) is 41.1 Å². The van der Waals surface area contributed by atoms with Gasteiger partial charge in [-0.25, -0.2) is 0 Å². The largest absolute Gasteiger partial charge is 0.507 e. The fourth-order valence-corrected chi connectivity index (χ4v) is 6.48. The third-order valence-electron chi connectivity index (χ3n) is 8.25. The van der Waals surface area contributed by atoms with Crippen molar-refractivity contribution in [1.29, 1.82) is 0 Å². The van der Waals surface area contributed by atoms with Crippen molar-refractivity contribution in [3.8, 4) is 34.3 Å². The number of hydrogen-bond acceptors (Lipinski definition) is 7. The van der Waals surface area contributed by atoms with Crippen LogP contribution in [0.2, 0.25) is 0 Å². The number of benzene rings is 4. The molecule has 7 rings (SSSR count). The second-order valence-corrected chi connectivity index (χ2v) is 10.2. The molecule has 1 N–H and O–H groups in total. The number of aromatic hydroxyl groups is 1. The summed E-state index contributed by atoms with van der Waals surface area (Å²) < 4.78 is 23.3. The van der Waals surface area contributed by atoms with Crippen LogP contribution in [0.5, 0.6) is 23.0 Å². The summed E-state index contributed by atoms with van der Waals surface area (Å²) in [5.74, 6) is 2.20. The molecule has 4 aromatic carbocycles. The lowest BCUT2D eigenvalue weighted by atomic mass is 9.59. The third-order valence-corrected chi connectivity index (χ3v) is 8.25. The molecule has 200 valence electrons. The lowest BCUT2D eigenvalue weighted by Gasteiger charge is -2.40. The quantitative estimate of drug-likeness (QED) is 0.262. The molecule has 5 aromatic rings. The number of aryl methyl sites for hydroxylation is 1. The fraction of sp³-hybridized carbons (Fsp3) is 0.212. The van der Waals surface area contributed by atoms with Crippen LogP contribution < -0.4 is 14.2 Å². The van der Waals surface area contributed by atoms with E-state index in [0.717, 1.165) is 5.56 Å². The van der Waals surface area contributed by atoms with Crippen LogP contribution in [0.15, 0.2) is 77.3 Å². The molecule has 0 spiro atoms. The molecule has 0 fully saturated rings. The molecular formula is C33H27NO6. The maximum atomic E-state index is 14.7. The normalized spacial score (nSPS) is 17.3. The Morgan fingerprint density at radius 3 is 2.52 bits per heavy atom. The van der Waals surface area contributed by atoms with Gasteiger partial charge in [-0.2, -0.15) is 0 Å². The van der Waals surface area contributed by atoms with Crippen molar-refractivity contribution in [2.75, 3.05) is 14.2 Å². The van der Waals surface area contributed by atoms with E-state index in [1.165, 1.54) is 0 Å². The van der Waals surface area contributed by atoms with E-state index in [1.807, 2.05) is 60.7 Å². The Morgan fingerprint density at radius 1 is 0.925 bits per heavy atom. The van der Waals surface area contributed by atoms with Crippen molar-refractivity contribution >= 4 is 16.6 Å². The predicted octanol–water partition coefficient (Wildman–Crippen LogP) is 6.62. The van der Waals surface area contributed by atoms with E-state index in [-0.39, 0.29) is 11.5 Å². The molecule has 1 heterocycles. The summed E-state index contributed by atoms with van der Waals surface area (Å²) >= 11 is 0. The van der Waals surface area contributed by atoms with Gasteiger partial charge in [-0.3, -0.25) is 4.79 Å². The monoisotopic (exact) mass is 533 g/mol. The van der Waals surface area contributed by atoms with Gasteiger partial charge in [0.2, 0.25) is 0 Å². The maximum Gasteiger partial charge on any atom is 0.178 e. The van der Waals surface area contributed by atoms with Crippen LogP contribution in [0.1, 0.15) is 45.7 Å². The van der Waals surface area contributed by atoms with Crippen LogP contribution >= 0.6 is 0 Å². The molecule has 2 aliphatic carbocycles. The van der Waals surface area contributed by atoms with Crippen LogP contribution in [0, 0.1) is 0 Å². The highest BCUT2D eigenvalue weighted by Gasteiger charge is 2.54. The number of phenols is 1. The van der Waals surface area contributed by atoms with E-state index in [2.05, 4.69) is 5.16 Å². The first-order chi connectivity index (χ1) is 19.6. The minimum atomic E-state index is -1.17. The smallest absolute Gasteiger partial charge is 0.178 e. The summed E-state index contributed by atoms with van der Waals surface area (Å²) in [5.41, 5.74) is 2.78. The molecule has 0 bridgehead atoms. The van der Waals surface area contributed by atoms with Crippen molar-refractivity contribution in [1.82, 2.24) is 5.16 Å². The van der Waals surface area contributed by atoms with E-state index in [1.54, 1.807) is 26.4 Å². The van der Waals surface area contributed by atoms with Crippen LogP contribution in [0.4, 0.5) is 0 Å². The summed E-state index contributed by atoms with van der Waals surface area (Å²) in [6.45, 7) is 0.351. The lowest BCUT2D eigenvalue weighted by Crippen LogP contribution is -2.43. The Bertz CT molecular complexity index is 1790. The van der Waals surface area contributed by atoms with E-state index < -0.39 is 5.41 Å². The number of ether oxygens (including phenoxy) is 3. The standard InChI is InChI=1S/C33H27NO6/c1-37-23-15-16-24(38-2)28-20(23)13-14-22(31(28)35)33-17-7-12-26-29(33)30(34-40-26)27-21(32(33)36)10-6-11-25(27)39-18-19-8-4-3-5-9-19/h3-6,8-11,13-16,35H,7,12,17-18H2,1-2H3.